The molecule has 0 aromatic heterocycles. The number of hydrogen-bond acceptors (Lipinski definition) is 6. The van der Waals surface area contributed by atoms with Crippen molar-refractivity contribution in [3.8, 4) is 5.75 Å². The molecule has 0 aliphatic carbocycles. The molecule has 1 aromatic carbocycles. The molecule has 0 radical (unpaired) electrons. The predicted molar refractivity (Wildman–Crippen MR) is 115 cm³/mol. The number of aliphatic hydroxyl groups is 1. The zero-order chi connectivity index (χ0) is 22.5. The third-order valence-corrected chi connectivity index (χ3v) is 7.22. The van der Waals surface area contributed by atoms with E-state index in [2.05, 4.69) is 0 Å². The van der Waals surface area contributed by atoms with Gasteiger partial charge in [0.2, 0.25) is 15.9 Å². The molecule has 9 heteroatoms. The first-order valence-corrected chi connectivity index (χ1v) is 11.4. The Morgan fingerprint density at radius 1 is 1.47 bits per heavy atom. The van der Waals surface area contributed by atoms with Gasteiger partial charge in [-0.1, -0.05) is 25.1 Å². The lowest BCUT2D eigenvalue weighted by atomic mass is 10.0. The minimum absolute atomic E-state index is 0.0400. The Kier molecular flexibility index (Phi) is 8.42. The summed E-state index contributed by atoms with van der Waals surface area (Å²) >= 11 is 0. The summed E-state index contributed by atoms with van der Waals surface area (Å²) in [5.74, 6) is -0.179. The summed E-state index contributed by atoms with van der Waals surface area (Å²) in [6.07, 6.45) is 3.27. The maximum atomic E-state index is 13.4. The normalized spacial score (nSPS) is 22.6. The number of allylic oxidation sites excluding steroid dienone is 1. The SMILES string of the molecule is C/C=C/c1ccc2c(c1)O[C@H](CN(C)C(=O)COC)[C@H](C)CN([C@H](C)CO)S2(=O)=O. The number of nitrogens with zero attached hydrogens (tertiary/aromatic N) is 2. The van der Waals surface area contributed by atoms with Crippen LogP contribution in [0.4, 0.5) is 0 Å². The topological polar surface area (TPSA) is 96.4 Å². The van der Waals surface area contributed by atoms with Crippen LogP contribution >= 0.6 is 0 Å². The largest absolute Gasteiger partial charge is 0.487 e. The first-order valence-electron chi connectivity index (χ1n) is 9.94. The maximum Gasteiger partial charge on any atom is 0.248 e. The zero-order valence-corrected chi connectivity index (χ0v) is 19.1. The van der Waals surface area contributed by atoms with E-state index in [1.807, 2.05) is 26.0 Å². The van der Waals surface area contributed by atoms with E-state index in [9.17, 15) is 18.3 Å². The Hall–Kier alpha value is -1.94. The second kappa shape index (κ2) is 10.4. The van der Waals surface area contributed by atoms with E-state index in [1.165, 1.54) is 22.4 Å². The van der Waals surface area contributed by atoms with Gasteiger partial charge in [-0.05, 0) is 31.5 Å². The monoisotopic (exact) mass is 440 g/mol. The molecule has 0 spiro atoms. The van der Waals surface area contributed by atoms with Crippen molar-refractivity contribution in [2.24, 2.45) is 5.92 Å². The summed E-state index contributed by atoms with van der Waals surface area (Å²) in [6, 6.07) is 4.35. The van der Waals surface area contributed by atoms with Crippen LogP contribution in [0, 0.1) is 5.92 Å². The fourth-order valence-corrected chi connectivity index (χ4v) is 5.19. The number of ether oxygens (including phenoxy) is 2. The molecule has 3 atom stereocenters. The highest BCUT2D eigenvalue weighted by atomic mass is 32.2. The van der Waals surface area contributed by atoms with Gasteiger partial charge in [0.25, 0.3) is 0 Å². The zero-order valence-electron chi connectivity index (χ0n) is 18.2. The van der Waals surface area contributed by atoms with Gasteiger partial charge < -0.3 is 19.5 Å². The molecule has 8 nitrogen and oxygen atoms in total. The molecule has 0 bridgehead atoms. The minimum atomic E-state index is -3.87. The van der Waals surface area contributed by atoms with E-state index in [0.29, 0.717) is 0 Å². The third kappa shape index (κ3) is 5.40. The van der Waals surface area contributed by atoms with Crippen molar-refractivity contribution in [1.82, 2.24) is 9.21 Å². The first-order chi connectivity index (χ1) is 14.1. The quantitative estimate of drug-likeness (QED) is 0.692. The molecule has 1 heterocycles. The molecule has 1 aliphatic heterocycles. The van der Waals surface area contributed by atoms with Crippen molar-refractivity contribution < 1.29 is 27.8 Å². The van der Waals surface area contributed by atoms with Crippen LogP contribution in [0.3, 0.4) is 0 Å². The first kappa shape index (κ1) is 24.3. The maximum absolute atomic E-state index is 13.4. The summed E-state index contributed by atoms with van der Waals surface area (Å²) in [6.45, 7) is 5.53. The number of methoxy groups -OCH3 is 1. The minimum Gasteiger partial charge on any atom is -0.487 e. The summed E-state index contributed by atoms with van der Waals surface area (Å²) in [7, 11) is -0.750. The van der Waals surface area contributed by atoms with E-state index < -0.39 is 22.2 Å². The fraction of sp³-hybridized carbons (Fsp3) is 0.571. The van der Waals surface area contributed by atoms with Crippen LogP contribution in [0.2, 0.25) is 0 Å². The second-order valence-electron chi connectivity index (χ2n) is 7.65. The number of amides is 1. The fourth-order valence-electron chi connectivity index (χ4n) is 3.36. The van der Waals surface area contributed by atoms with Gasteiger partial charge in [0.15, 0.2) is 0 Å². The van der Waals surface area contributed by atoms with Gasteiger partial charge in [0.1, 0.15) is 23.4 Å². The molecule has 1 aliphatic rings. The highest BCUT2D eigenvalue weighted by Crippen LogP contribution is 2.34. The summed E-state index contributed by atoms with van der Waals surface area (Å²) in [4.78, 5) is 13.8. The van der Waals surface area contributed by atoms with Crippen molar-refractivity contribution in [1.29, 1.82) is 0 Å². The Morgan fingerprint density at radius 3 is 2.77 bits per heavy atom. The van der Waals surface area contributed by atoms with E-state index in [-0.39, 0.29) is 48.8 Å². The smallest absolute Gasteiger partial charge is 0.248 e. The van der Waals surface area contributed by atoms with E-state index in [1.54, 1.807) is 26.1 Å². The van der Waals surface area contributed by atoms with Crippen molar-refractivity contribution in [2.75, 3.05) is 40.5 Å². The number of hydrogen-bond donors (Lipinski definition) is 1. The van der Waals surface area contributed by atoms with Gasteiger partial charge >= 0.3 is 0 Å². The summed E-state index contributed by atoms with van der Waals surface area (Å²) in [5, 5.41) is 9.66. The number of rotatable bonds is 7. The van der Waals surface area contributed by atoms with Gasteiger partial charge in [0.05, 0.1) is 13.2 Å². The number of sulfonamides is 1. The van der Waals surface area contributed by atoms with Crippen molar-refractivity contribution in [2.45, 2.75) is 37.8 Å². The lowest BCUT2D eigenvalue weighted by molar-refractivity contribution is -0.135. The van der Waals surface area contributed by atoms with Gasteiger partial charge in [-0.3, -0.25) is 4.79 Å². The highest BCUT2D eigenvalue weighted by molar-refractivity contribution is 7.89. The number of carbonyl (C=O) groups is 1. The van der Waals surface area contributed by atoms with Crippen LogP contribution in [-0.2, 0) is 19.6 Å². The molecular weight excluding hydrogens is 408 g/mol. The van der Waals surface area contributed by atoms with Crippen LogP contribution in [0.25, 0.3) is 6.08 Å². The van der Waals surface area contributed by atoms with Gasteiger partial charge in [-0.15, -0.1) is 0 Å². The number of likely N-dealkylation sites (N-methyl/N-ethyl adjacent to an activating group) is 1. The molecule has 0 saturated carbocycles. The molecule has 0 saturated heterocycles. The Balaban J connectivity index is 2.52. The number of aliphatic hydroxyl groups excluding tert-OH is 1. The average Bonchev–Trinajstić information content (AvgIpc) is 2.70. The van der Waals surface area contributed by atoms with Crippen molar-refractivity contribution in [3.63, 3.8) is 0 Å². The third-order valence-electron chi connectivity index (χ3n) is 5.20. The van der Waals surface area contributed by atoms with Crippen molar-refractivity contribution in [3.05, 3.63) is 29.8 Å². The molecule has 30 heavy (non-hydrogen) atoms. The molecular formula is C21H32N2O6S. The molecule has 1 amide bonds. The van der Waals surface area contributed by atoms with Crippen LogP contribution in [0.1, 0.15) is 26.3 Å². The molecule has 0 unspecified atom stereocenters. The Labute approximate surface area is 179 Å². The van der Waals surface area contributed by atoms with Crippen LogP contribution in [0.15, 0.2) is 29.2 Å². The van der Waals surface area contributed by atoms with Gasteiger partial charge in [0, 0.05) is 32.7 Å². The molecule has 1 N–H and O–H groups in total. The number of benzene rings is 1. The second-order valence-corrected chi connectivity index (χ2v) is 9.51. The van der Waals surface area contributed by atoms with Gasteiger partial charge in [-0.2, -0.15) is 4.31 Å². The van der Waals surface area contributed by atoms with Crippen LogP contribution in [-0.4, -0.2) is 81.2 Å². The van der Waals surface area contributed by atoms with E-state index in [0.717, 1.165) is 5.56 Å². The summed E-state index contributed by atoms with van der Waals surface area (Å²) < 4.78 is 39.1. The molecule has 1 aromatic rings. The van der Waals surface area contributed by atoms with E-state index in [4.69, 9.17) is 9.47 Å². The Morgan fingerprint density at radius 2 is 2.17 bits per heavy atom. The number of fused-ring (bicyclic) bond motifs is 1. The van der Waals surface area contributed by atoms with Crippen LogP contribution in [0.5, 0.6) is 5.75 Å². The molecule has 0 fully saturated rings. The number of carbonyl (C=O) groups excluding carboxylic acids is 1. The standard InChI is InChI=1S/C21H32N2O6S/c1-6-7-17-8-9-20-18(10-17)29-19(12-22(4)21(25)14-28-5)15(2)11-23(16(3)13-24)30(20,26)27/h6-10,15-16,19,24H,11-14H2,1-5H3/b7-6+/t15-,16-,19-/m1/s1. The van der Waals surface area contributed by atoms with Crippen LogP contribution < -0.4 is 4.74 Å². The predicted octanol–water partition coefficient (Wildman–Crippen LogP) is 1.59. The van der Waals surface area contributed by atoms with Crippen molar-refractivity contribution >= 4 is 22.0 Å². The Bertz CT molecular complexity index is 870. The summed E-state index contributed by atoms with van der Waals surface area (Å²) in [5.41, 5.74) is 0.809. The highest BCUT2D eigenvalue weighted by Gasteiger charge is 2.38. The molecule has 2 rings (SSSR count). The average molecular weight is 441 g/mol. The van der Waals surface area contributed by atoms with E-state index >= 15 is 0 Å². The lowest BCUT2D eigenvalue weighted by Crippen LogP contribution is -2.50. The molecule has 168 valence electrons. The van der Waals surface area contributed by atoms with Gasteiger partial charge in [-0.25, -0.2) is 8.42 Å². The lowest BCUT2D eigenvalue weighted by Gasteiger charge is -2.37.